The summed E-state index contributed by atoms with van der Waals surface area (Å²) in [6.45, 7) is 3.22. The average Bonchev–Trinajstić information content (AvgIpc) is 3.97. The van der Waals surface area contributed by atoms with Gasteiger partial charge in [-0.2, -0.15) is 4.98 Å². The molecule has 50 heavy (non-hydrogen) atoms. The average molecular weight is 714 g/mol. The van der Waals surface area contributed by atoms with E-state index in [4.69, 9.17) is 14.5 Å². The number of carbonyl (C=O) groups is 3. The largest absolute Gasteiger partial charge is 0.497 e. The van der Waals surface area contributed by atoms with Crippen LogP contribution in [0.5, 0.6) is 11.6 Å². The van der Waals surface area contributed by atoms with Crippen molar-refractivity contribution in [3.63, 3.8) is 0 Å². The zero-order valence-corrected chi connectivity index (χ0v) is 30.2. The number of fused-ring (bicyclic) bond motifs is 3. The number of methoxy groups -OCH3 is 1. The molecule has 3 fully saturated rings. The van der Waals surface area contributed by atoms with Gasteiger partial charge in [-0.05, 0) is 80.0 Å². The summed E-state index contributed by atoms with van der Waals surface area (Å²) in [5, 5.41) is 4.45. The number of allylic oxidation sites excluding steroid dienone is 1. The number of nitrogens with one attached hydrogen (secondary N) is 2. The molecule has 2 aliphatic heterocycles. The predicted octanol–water partition coefficient (Wildman–Crippen LogP) is 3.88. The van der Waals surface area contributed by atoms with Crippen LogP contribution in [0, 0.1) is 17.8 Å². The lowest BCUT2D eigenvalue weighted by atomic mass is 9.91. The number of sulfonamides is 1. The molecule has 2 saturated carbocycles. The number of ether oxygens (including phenoxy) is 2. The van der Waals surface area contributed by atoms with Crippen molar-refractivity contribution in [2.75, 3.05) is 39.3 Å². The number of hydrogen-bond acceptors (Lipinski definition) is 9. The molecule has 0 radical (unpaired) electrons. The van der Waals surface area contributed by atoms with Gasteiger partial charge in [-0.15, -0.1) is 0 Å². The lowest BCUT2D eigenvalue weighted by molar-refractivity contribution is -0.140. The SMILES string of the molecule is COc1ccc2c(O[C@@H]3C[C@H]4C(=O)N[C@]5(C(=O)NS(=O)(=O)C6(CF)CC6)C[C@@H]5/C=C\CC[C@H](C)C[C@@H](C)CC(=O)N4C3)nc(N(C)C)cc2c1. The van der Waals surface area contributed by atoms with E-state index >= 15 is 0 Å². The van der Waals surface area contributed by atoms with Gasteiger partial charge in [0.2, 0.25) is 27.7 Å². The maximum absolute atomic E-state index is 14.2. The number of amides is 3. The molecule has 2 N–H and O–H groups in total. The minimum absolute atomic E-state index is 0.0774. The van der Waals surface area contributed by atoms with E-state index in [1.165, 1.54) is 4.90 Å². The van der Waals surface area contributed by atoms with Gasteiger partial charge in [-0.1, -0.05) is 26.0 Å². The number of aromatic nitrogens is 1. The number of anilines is 1. The predicted molar refractivity (Wildman–Crippen MR) is 187 cm³/mol. The molecule has 14 heteroatoms. The number of nitrogens with zero attached hydrogens (tertiary/aromatic N) is 3. The highest BCUT2D eigenvalue weighted by molar-refractivity contribution is 7.91. The number of rotatable bonds is 8. The maximum atomic E-state index is 14.2. The Morgan fingerprint density at radius 1 is 1.16 bits per heavy atom. The van der Waals surface area contributed by atoms with Crippen LogP contribution in [0.4, 0.5) is 10.2 Å². The zero-order chi connectivity index (χ0) is 36.0. The highest BCUT2D eigenvalue weighted by Crippen LogP contribution is 2.48. The van der Waals surface area contributed by atoms with E-state index in [2.05, 4.69) is 17.0 Å². The Bertz CT molecular complexity index is 1800. The van der Waals surface area contributed by atoms with E-state index in [1.807, 2.05) is 62.3 Å². The molecule has 1 aromatic heterocycles. The highest BCUT2D eigenvalue weighted by Gasteiger charge is 2.64. The first kappa shape index (κ1) is 35.9. The summed E-state index contributed by atoms with van der Waals surface area (Å²) in [5.74, 6) is -0.00862. The van der Waals surface area contributed by atoms with Crippen molar-refractivity contribution in [3.05, 3.63) is 36.4 Å². The third-order valence-corrected chi connectivity index (χ3v) is 12.9. The molecule has 0 bridgehead atoms. The summed E-state index contributed by atoms with van der Waals surface area (Å²) < 4.78 is 52.3. The summed E-state index contributed by atoms with van der Waals surface area (Å²) in [6, 6.07) is 6.51. The molecule has 0 unspecified atom stereocenters. The summed E-state index contributed by atoms with van der Waals surface area (Å²) in [4.78, 5) is 50.0. The molecule has 2 aromatic rings. The normalized spacial score (nSPS) is 30.2. The van der Waals surface area contributed by atoms with Gasteiger partial charge < -0.3 is 24.6 Å². The van der Waals surface area contributed by atoms with Crippen molar-refractivity contribution in [2.24, 2.45) is 17.8 Å². The molecule has 4 aliphatic rings. The Morgan fingerprint density at radius 3 is 2.60 bits per heavy atom. The molecule has 6 rings (SSSR count). The lowest BCUT2D eigenvalue weighted by Crippen LogP contribution is -2.57. The Morgan fingerprint density at radius 2 is 1.92 bits per heavy atom. The molecule has 3 heterocycles. The minimum atomic E-state index is -4.31. The maximum Gasteiger partial charge on any atom is 0.259 e. The van der Waals surface area contributed by atoms with E-state index in [9.17, 15) is 27.2 Å². The first-order valence-electron chi connectivity index (χ1n) is 17.4. The van der Waals surface area contributed by atoms with Gasteiger partial charge in [0, 0.05) is 38.2 Å². The van der Waals surface area contributed by atoms with Crippen LogP contribution in [0.2, 0.25) is 0 Å². The topological polar surface area (TPSA) is 147 Å². The van der Waals surface area contributed by atoms with Gasteiger partial charge in [0.1, 0.15) is 40.7 Å². The molecule has 1 aromatic carbocycles. The quantitative estimate of drug-likeness (QED) is 0.389. The second-order valence-corrected chi connectivity index (χ2v) is 17.1. The van der Waals surface area contributed by atoms with Crippen LogP contribution in [0.1, 0.15) is 65.2 Å². The van der Waals surface area contributed by atoms with Crippen LogP contribution in [0.15, 0.2) is 36.4 Å². The van der Waals surface area contributed by atoms with Crippen molar-refractivity contribution in [1.29, 1.82) is 0 Å². The summed E-state index contributed by atoms with van der Waals surface area (Å²) in [5.41, 5.74) is -1.54. The highest BCUT2D eigenvalue weighted by atomic mass is 32.2. The van der Waals surface area contributed by atoms with Crippen LogP contribution < -0.4 is 24.4 Å². The van der Waals surface area contributed by atoms with E-state index in [0.717, 1.165) is 30.0 Å². The Kier molecular flexibility index (Phi) is 9.79. The number of benzene rings is 1. The second kappa shape index (κ2) is 13.6. The zero-order valence-electron chi connectivity index (χ0n) is 29.4. The van der Waals surface area contributed by atoms with Gasteiger partial charge >= 0.3 is 0 Å². The summed E-state index contributed by atoms with van der Waals surface area (Å²) in [6.07, 6.45) is 6.50. The van der Waals surface area contributed by atoms with Crippen LogP contribution in [-0.4, -0.2) is 92.9 Å². The van der Waals surface area contributed by atoms with Crippen molar-refractivity contribution in [1.82, 2.24) is 19.9 Å². The molecule has 2 aliphatic carbocycles. The van der Waals surface area contributed by atoms with Gasteiger partial charge in [0.05, 0.1) is 13.7 Å². The fourth-order valence-electron chi connectivity index (χ4n) is 7.37. The van der Waals surface area contributed by atoms with Crippen LogP contribution in [0.25, 0.3) is 10.8 Å². The number of hydrogen-bond donors (Lipinski definition) is 2. The van der Waals surface area contributed by atoms with Crippen molar-refractivity contribution in [2.45, 2.75) is 87.6 Å². The Balaban J connectivity index is 1.30. The fraction of sp³-hybridized carbons (Fsp3) is 0.611. The van der Waals surface area contributed by atoms with Crippen molar-refractivity contribution < 1.29 is 36.7 Å². The molecule has 1 saturated heterocycles. The third-order valence-electron chi connectivity index (χ3n) is 10.7. The Hall–Kier alpha value is -3.94. The van der Waals surface area contributed by atoms with Crippen LogP contribution in [-0.2, 0) is 24.4 Å². The molecule has 12 nitrogen and oxygen atoms in total. The first-order chi connectivity index (χ1) is 23.7. The van der Waals surface area contributed by atoms with E-state index in [-0.39, 0.29) is 50.5 Å². The monoisotopic (exact) mass is 713 g/mol. The summed E-state index contributed by atoms with van der Waals surface area (Å²) >= 11 is 0. The second-order valence-electron chi connectivity index (χ2n) is 15.0. The summed E-state index contributed by atoms with van der Waals surface area (Å²) in [7, 11) is 1.02. The van der Waals surface area contributed by atoms with E-state index < -0.39 is 56.9 Å². The molecular formula is C36H48FN5O7S. The van der Waals surface area contributed by atoms with Gasteiger partial charge in [0.15, 0.2) is 0 Å². The van der Waals surface area contributed by atoms with Crippen LogP contribution >= 0.6 is 0 Å². The number of alkyl halides is 1. The van der Waals surface area contributed by atoms with Crippen molar-refractivity contribution >= 4 is 44.3 Å². The van der Waals surface area contributed by atoms with Crippen LogP contribution in [0.3, 0.4) is 0 Å². The molecule has 3 amide bonds. The molecule has 6 atom stereocenters. The standard InChI is InChI=1S/C36H48FN5O7S/c1-22-8-6-7-9-25-19-36(25,34(45)40-50(46,47)35(21-37)12-13-35)39-32(44)29-18-27(20-42(29)31(43)15-23(2)14-22)49-33-28-11-10-26(48-5)16-24(28)17-30(38-33)41(3)4/h7,9-11,16-17,22-23,25,27,29H,6,8,12-15,18-21H2,1-5H3,(H,39,44)(H,40,45)/b9-7-/t22-,23+,25-,27+,29-,36+/m0/s1. The fourth-order valence-corrected chi connectivity index (χ4v) is 8.79. The minimum Gasteiger partial charge on any atom is -0.497 e. The smallest absolute Gasteiger partial charge is 0.259 e. The van der Waals surface area contributed by atoms with Crippen molar-refractivity contribution in [3.8, 4) is 11.6 Å². The van der Waals surface area contributed by atoms with E-state index in [0.29, 0.717) is 23.4 Å². The number of carbonyl (C=O) groups excluding carboxylic acids is 3. The lowest BCUT2D eigenvalue weighted by Gasteiger charge is -2.28. The number of halogens is 1. The van der Waals surface area contributed by atoms with E-state index in [1.54, 1.807) is 7.11 Å². The van der Waals surface area contributed by atoms with Gasteiger partial charge in [-0.25, -0.2) is 12.8 Å². The Labute approximate surface area is 293 Å². The third kappa shape index (κ3) is 7.00. The molecule has 272 valence electrons. The molecule has 0 spiro atoms. The number of pyridine rings is 1. The molecular weight excluding hydrogens is 665 g/mol. The first-order valence-corrected chi connectivity index (χ1v) is 18.9. The van der Waals surface area contributed by atoms with Gasteiger partial charge in [0.25, 0.3) is 5.91 Å². The van der Waals surface area contributed by atoms with Gasteiger partial charge in [-0.3, -0.25) is 19.1 Å².